The molecule has 0 fully saturated rings. The molecule has 0 aliphatic rings. The lowest BCUT2D eigenvalue weighted by Crippen LogP contribution is -1.99. The lowest BCUT2D eigenvalue weighted by atomic mass is 10.2. The molecule has 0 saturated heterocycles. The Labute approximate surface area is 78.8 Å². The summed E-state index contributed by atoms with van der Waals surface area (Å²) in [6.07, 6.45) is -1.84. The third-order valence-corrected chi connectivity index (χ3v) is 1.72. The molecule has 4 nitrogen and oxygen atoms in total. The quantitative estimate of drug-likeness (QED) is 0.778. The Bertz CT molecular complexity index is 331. The molecule has 0 bridgehead atoms. The number of hydrogen-bond acceptors (Lipinski definition) is 4. The summed E-state index contributed by atoms with van der Waals surface area (Å²) in [6.45, 7) is -0.602. The first-order valence-corrected chi connectivity index (χ1v) is 3.75. The van der Waals surface area contributed by atoms with Gasteiger partial charge in [0.25, 0.3) is 6.43 Å². The maximum absolute atomic E-state index is 12.4. The summed E-state index contributed by atoms with van der Waals surface area (Å²) in [5.74, 6) is -0.920. The van der Waals surface area contributed by atoms with Crippen molar-refractivity contribution in [1.29, 1.82) is 0 Å². The zero-order valence-electron chi connectivity index (χ0n) is 7.37. The molecule has 78 valence electrons. The first-order valence-electron chi connectivity index (χ1n) is 3.75. The molecular formula is C8H9F2NO3. The number of alkyl halides is 2. The standard InChI is InChI=1S/C8H9F2NO3/c1-14-5-2-11-4(3-12)7(13)6(5)8(9)10/h2,8,12-13H,3H2,1H3. The second-order valence-corrected chi connectivity index (χ2v) is 2.49. The molecule has 2 N–H and O–H groups in total. The van der Waals surface area contributed by atoms with Gasteiger partial charge >= 0.3 is 0 Å². The van der Waals surface area contributed by atoms with Gasteiger partial charge in [-0.3, -0.25) is 4.98 Å². The van der Waals surface area contributed by atoms with Crippen molar-refractivity contribution >= 4 is 0 Å². The third-order valence-electron chi connectivity index (χ3n) is 1.72. The van der Waals surface area contributed by atoms with Gasteiger partial charge in [-0.2, -0.15) is 0 Å². The smallest absolute Gasteiger partial charge is 0.271 e. The maximum atomic E-state index is 12.4. The topological polar surface area (TPSA) is 62.6 Å². The lowest BCUT2D eigenvalue weighted by molar-refractivity contribution is 0.141. The summed E-state index contributed by atoms with van der Waals surface area (Å²) in [7, 11) is 1.20. The van der Waals surface area contributed by atoms with Crippen LogP contribution in [0.15, 0.2) is 6.20 Å². The number of rotatable bonds is 3. The molecular weight excluding hydrogens is 196 g/mol. The van der Waals surface area contributed by atoms with E-state index >= 15 is 0 Å². The molecule has 1 rings (SSSR count). The number of aromatic nitrogens is 1. The normalized spacial score (nSPS) is 10.6. The molecule has 1 heterocycles. The highest BCUT2D eigenvalue weighted by Crippen LogP contribution is 2.37. The van der Waals surface area contributed by atoms with Crippen LogP contribution in [-0.2, 0) is 6.61 Å². The largest absolute Gasteiger partial charge is 0.505 e. The van der Waals surface area contributed by atoms with Crippen LogP contribution in [0.1, 0.15) is 17.7 Å². The highest BCUT2D eigenvalue weighted by Gasteiger charge is 2.22. The van der Waals surface area contributed by atoms with Crippen molar-refractivity contribution in [3.05, 3.63) is 17.5 Å². The van der Waals surface area contributed by atoms with Crippen molar-refractivity contribution in [3.8, 4) is 11.5 Å². The van der Waals surface area contributed by atoms with E-state index in [1.54, 1.807) is 0 Å². The minimum Gasteiger partial charge on any atom is -0.505 e. The number of aliphatic hydroxyl groups is 1. The number of halogens is 2. The van der Waals surface area contributed by atoms with Crippen LogP contribution in [0, 0.1) is 0 Å². The highest BCUT2D eigenvalue weighted by molar-refractivity contribution is 5.45. The second kappa shape index (κ2) is 4.19. The Hall–Kier alpha value is -1.43. The summed E-state index contributed by atoms with van der Waals surface area (Å²) in [5.41, 5.74) is -0.840. The highest BCUT2D eigenvalue weighted by atomic mass is 19.3. The zero-order chi connectivity index (χ0) is 10.7. The number of aliphatic hydroxyl groups excluding tert-OH is 1. The Morgan fingerprint density at radius 1 is 1.57 bits per heavy atom. The van der Waals surface area contributed by atoms with Gasteiger partial charge in [-0.15, -0.1) is 0 Å². The number of nitrogens with zero attached hydrogens (tertiary/aromatic N) is 1. The van der Waals surface area contributed by atoms with Crippen LogP contribution in [0.5, 0.6) is 11.5 Å². The van der Waals surface area contributed by atoms with E-state index in [0.717, 1.165) is 6.20 Å². The summed E-state index contributed by atoms with van der Waals surface area (Å²) in [4.78, 5) is 3.55. The van der Waals surface area contributed by atoms with Gasteiger partial charge in [-0.05, 0) is 0 Å². The van der Waals surface area contributed by atoms with E-state index in [2.05, 4.69) is 9.72 Å². The van der Waals surface area contributed by atoms with Crippen molar-refractivity contribution < 1.29 is 23.7 Å². The molecule has 0 aliphatic heterocycles. The number of pyridine rings is 1. The fourth-order valence-corrected chi connectivity index (χ4v) is 1.03. The van der Waals surface area contributed by atoms with Crippen molar-refractivity contribution in [2.75, 3.05) is 7.11 Å². The van der Waals surface area contributed by atoms with Crippen molar-refractivity contribution in [2.24, 2.45) is 0 Å². The summed E-state index contributed by atoms with van der Waals surface area (Å²) < 4.78 is 29.5. The SMILES string of the molecule is COc1cnc(CO)c(O)c1C(F)F. The average molecular weight is 205 g/mol. The van der Waals surface area contributed by atoms with Crippen molar-refractivity contribution in [2.45, 2.75) is 13.0 Å². The van der Waals surface area contributed by atoms with Crippen LogP contribution in [0.2, 0.25) is 0 Å². The number of methoxy groups -OCH3 is 1. The predicted octanol–water partition coefficient (Wildman–Crippen LogP) is 1.23. The molecule has 1 aromatic rings. The average Bonchev–Trinajstić information content (AvgIpc) is 2.16. The molecule has 0 aliphatic carbocycles. The van der Waals surface area contributed by atoms with Crippen LogP contribution in [0.3, 0.4) is 0 Å². The van der Waals surface area contributed by atoms with Crippen molar-refractivity contribution in [1.82, 2.24) is 4.98 Å². The van der Waals surface area contributed by atoms with Crippen LogP contribution >= 0.6 is 0 Å². The van der Waals surface area contributed by atoms with Gasteiger partial charge in [0.05, 0.1) is 19.9 Å². The van der Waals surface area contributed by atoms with Crippen LogP contribution in [-0.4, -0.2) is 22.3 Å². The monoisotopic (exact) mass is 205 g/mol. The van der Waals surface area contributed by atoms with Gasteiger partial charge in [0.15, 0.2) is 5.75 Å². The second-order valence-electron chi connectivity index (χ2n) is 2.49. The lowest BCUT2D eigenvalue weighted by Gasteiger charge is -2.10. The van der Waals surface area contributed by atoms with E-state index in [1.807, 2.05) is 0 Å². The summed E-state index contributed by atoms with van der Waals surface area (Å²) in [6, 6.07) is 0. The van der Waals surface area contributed by atoms with E-state index in [4.69, 9.17) is 5.11 Å². The minimum atomic E-state index is -2.88. The first-order chi connectivity index (χ1) is 6.61. The van der Waals surface area contributed by atoms with Gasteiger partial charge in [-0.25, -0.2) is 8.78 Å². The fraction of sp³-hybridized carbons (Fsp3) is 0.375. The van der Waals surface area contributed by atoms with E-state index in [1.165, 1.54) is 7.11 Å². The fourth-order valence-electron chi connectivity index (χ4n) is 1.03. The van der Waals surface area contributed by atoms with Gasteiger partial charge in [0, 0.05) is 0 Å². The molecule has 0 amide bonds. The first kappa shape index (κ1) is 10.6. The Morgan fingerprint density at radius 2 is 2.21 bits per heavy atom. The van der Waals surface area contributed by atoms with E-state index < -0.39 is 24.3 Å². The van der Waals surface area contributed by atoms with Crippen LogP contribution < -0.4 is 4.74 Å². The Kier molecular flexibility index (Phi) is 3.19. The minimum absolute atomic E-state index is 0.193. The Balaban J connectivity index is 3.31. The predicted molar refractivity (Wildman–Crippen MR) is 43.3 cm³/mol. The van der Waals surface area contributed by atoms with E-state index in [0.29, 0.717) is 0 Å². The molecule has 0 radical (unpaired) electrons. The molecule has 0 aromatic carbocycles. The van der Waals surface area contributed by atoms with Crippen LogP contribution in [0.25, 0.3) is 0 Å². The third kappa shape index (κ3) is 1.74. The molecule has 0 saturated carbocycles. The van der Waals surface area contributed by atoms with Gasteiger partial charge in [0.2, 0.25) is 0 Å². The molecule has 14 heavy (non-hydrogen) atoms. The number of hydrogen-bond donors (Lipinski definition) is 2. The molecule has 6 heteroatoms. The molecule has 0 atom stereocenters. The number of ether oxygens (including phenoxy) is 1. The summed E-state index contributed by atoms with van der Waals surface area (Å²) >= 11 is 0. The maximum Gasteiger partial charge on any atom is 0.271 e. The molecule has 1 aromatic heterocycles. The molecule has 0 unspecified atom stereocenters. The van der Waals surface area contributed by atoms with Crippen LogP contribution in [0.4, 0.5) is 8.78 Å². The number of aromatic hydroxyl groups is 1. The van der Waals surface area contributed by atoms with Gasteiger partial charge in [0.1, 0.15) is 17.0 Å². The van der Waals surface area contributed by atoms with E-state index in [9.17, 15) is 13.9 Å². The molecule has 0 spiro atoms. The van der Waals surface area contributed by atoms with Gasteiger partial charge < -0.3 is 14.9 Å². The summed E-state index contributed by atoms with van der Waals surface area (Å²) in [5, 5.41) is 18.0. The Morgan fingerprint density at radius 3 is 2.64 bits per heavy atom. The zero-order valence-corrected chi connectivity index (χ0v) is 7.37. The van der Waals surface area contributed by atoms with Crippen molar-refractivity contribution in [3.63, 3.8) is 0 Å². The van der Waals surface area contributed by atoms with Gasteiger partial charge in [-0.1, -0.05) is 0 Å². The van der Waals surface area contributed by atoms with E-state index in [-0.39, 0.29) is 11.4 Å².